The monoisotopic (exact) mass is 339 g/mol. The average Bonchev–Trinajstić information content (AvgIpc) is 3.13. The lowest BCUT2D eigenvalue weighted by Gasteiger charge is -2.40. The Bertz CT molecular complexity index is 599. The van der Waals surface area contributed by atoms with E-state index >= 15 is 0 Å². The number of hydrogen-bond donors (Lipinski definition) is 0. The van der Waals surface area contributed by atoms with Gasteiger partial charge in [0.25, 0.3) is 0 Å². The molecule has 4 aliphatic heterocycles. The van der Waals surface area contributed by atoms with Crippen molar-refractivity contribution in [2.75, 3.05) is 19.8 Å². The molecule has 0 aromatic heterocycles. The largest absolute Gasteiger partial charge is 0.443 e. The fourth-order valence-corrected chi connectivity index (χ4v) is 3.58. The molecule has 24 heavy (non-hydrogen) atoms. The van der Waals surface area contributed by atoms with Crippen molar-refractivity contribution in [1.82, 2.24) is 4.90 Å². The maximum absolute atomic E-state index is 12.8. The quantitative estimate of drug-likeness (QED) is 0.709. The van der Waals surface area contributed by atoms with E-state index in [4.69, 9.17) is 18.9 Å². The van der Waals surface area contributed by atoms with Crippen molar-refractivity contribution in [2.24, 2.45) is 16.1 Å². The molecular formula is C15H21N3O6. The number of ether oxygens (including phenoxy) is 4. The second-order valence-corrected chi connectivity index (χ2v) is 7.46. The Kier molecular flexibility index (Phi) is 3.45. The first-order valence-corrected chi connectivity index (χ1v) is 8.19. The van der Waals surface area contributed by atoms with Gasteiger partial charge in [0.1, 0.15) is 17.7 Å². The Morgan fingerprint density at radius 3 is 2.92 bits per heavy atom. The van der Waals surface area contributed by atoms with Crippen molar-refractivity contribution in [3.8, 4) is 0 Å². The molecule has 4 aliphatic rings. The highest BCUT2D eigenvalue weighted by Gasteiger charge is 2.67. The van der Waals surface area contributed by atoms with Gasteiger partial charge in [-0.1, -0.05) is 0 Å². The van der Waals surface area contributed by atoms with E-state index in [1.165, 1.54) is 0 Å². The average molecular weight is 339 g/mol. The van der Waals surface area contributed by atoms with Crippen molar-refractivity contribution in [3.63, 3.8) is 0 Å². The van der Waals surface area contributed by atoms with E-state index < -0.39 is 35.7 Å². The van der Waals surface area contributed by atoms with Gasteiger partial charge in [0.2, 0.25) is 5.91 Å². The number of carbonyl (C=O) groups excluding carboxylic acids is 2. The van der Waals surface area contributed by atoms with Gasteiger partial charge in [-0.3, -0.25) is 4.79 Å². The van der Waals surface area contributed by atoms with Gasteiger partial charge in [-0.2, -0.15) is 10.2 Å². The smallest absolute Gasteiger partial charge is 0.417 e. The Morgan fingerprint density at radius 1 is 1.38 bits per heavy atom. The summed E-state index contributed by atoms with van der Waals surface area (Å²) in [7, 11) is 0. The molecule has 0 saturated carbocycles. The van der Waals surface area contributed by atoms with Crippen molar-refractivity contribution >= 4 is 12.0 Å². The molecule has 132 valence electrons. The summed E-state index contributed by atoms with van der Waals surface area (Å²) in [5.74, 6) is -2.35. The predicted octanol–water partition coefficient (Wildman–Crippen LogP) is 1.07. The second kappa shape index (κ2) is 5.21. The molecule has 5 atom stereocenters. The van der Waals surface area contributed by atoms with Crippen LogP contribution in [0.3, 0.4) is 0 Å². The minimum absolute atomic E-state index is 0.105. The normalized spacial score (nSPS) is 41.0. The van der Waals surface area contributed by atoms with Crippen LogP contribution >= 0.6 is 0 Å². The third-order valence-electron chi connectivity index (χ3n) is 4.56. The molecule has 2 amide bonds. The third-order valence-corrected chi connectivity index (χ3v) is 4.56. The molecule has 3 fully saturated rings. The van der Waals surface area contributed by atoms with Crippen LogP contribution in [-0.4, -0.2) is 66.4 Å². The Morgan fingerprint density at radius 2 is 2.17 bits per heavy atom. The molecule has 4 heterocycles. The van der Waals surface area contributed by atoms with E-state index in [1.807, 2.05) is 0 Å². The van der Waals surface area contributed by atoms with E-state index in [0.29, 0.717) is 19.6 Å². The second-order valence-electron chi connectivity index (χ2n) is 7.46. The summed E-state index contributed by atoms with van der Waals surface area (Å²) in [5, 5.41) is 8.13. The van der Waals surface area contributed by atoms with E-state index in [2.05, 4.69) is 10.2 Å². The van der Waals surface area contributed by atoms with Crippen molar-refractivity contribution in [1.29, 1.82) is 0 Å². The van der Waals surface area contributed by atoms with Crippen molar-refractivity contribution < 1.29 is 28.5 Å². The topological polar surface area (TPSA) is 99.0 Å². The molecular weight excluding hydrogens is 318 g/mol. The summed E-state index contributed by atoms with van der Waals surface area (Å²) in [6.07, 6.45) is -0.127. The third kappa shape index (κ3) is 2.34. The fraction of sp³-hybridized carbons (Fsp3) is 0.867. The number of nitrogens with zero attached hydrogens (tertiary/aromatic N) is 3. The molecule has 0 aromatic carbocycles. The van der Waals surface area contributed by atoms with E-state index in [1.54, 1.807) is 20.8 Å². The minimum atomic E-state index is -1.47. The first-order valence-electron chi connectivity index (χ1n) is 8.19. The summed E-state index contributed by atoms with van der Waals surface area (Å²) >= 11 is 0. The summed E-state index contributed by atoms with van der Waals surface area (Å²) in [6.45, 7) is 6.28. The van der Waals surface area contributed by atoms with E-state index in [0.717, 1.165) is 4.90 Å². The van der Waals surface area contributed by atoms with Crippen LogP contribution in [0.15, 0.2) is 10.2 Å². The maximum Gasteiger partial charge on any atom is 0.417 e. The van der Waals surface area contributed by atoms with Crippen LogP contribution in [0, 0.1) is 5.92 Å². The number of rotatable bonds is 1. The van der Waals surface area contributed by atoms with Crippen LogP contribution in [0.2, 0.25) is 0 Å². The van der Waals surface area contributed by atoms with Crippen LogP contribution in [0.1, 0.15) is 27.2 Å². The molecule has 0 spiro atoms. The number of carbonyl (C=O) groups is 2. The van der Waals surface area contributed by atoms with Crippen LogP contribution < -0.4 is 0 Å². The van der Waals surface area contributed by atoms with Gasteiger partial charge < -0.3 is 18.9 Å². The van der Waals surface area contributed by atoms with Gasteiger partial charge in [0.05, 0.1) is 31.8 Å². The molecule has 0 aliphatic carbocycles. The van der Waals surface area contributed by atoms with Crippen molar-refractivity contribution in [3.05, 3.63) is 0 Å². The summed E-state index contributed by atoms with van der Waals surface area (Å²) in [6, 6.07) is -1.37. The lowest BCUT2D eigenvalue weighted by molar-refractivity contribution is -0.374. The molecule has 0 radical (unpaired) electrons. The lowest BCUT2D eigenvalue weighted by Crippen LogP contribution is -2.60. The zero-order valence-electron chi connectivity index (χ0n) is 13.9. The van der Waals surface area contributed by atoms with Crippen LogP contribution in [0.5, 0.6) is 0 Å². The molecule has 4 rings (SSSR count). The Balaban J connectivity index is 1.69. The van der Waals surface area contributed by atoms with Gasteiger partial charge >= 0.3 is 12.1 Å². The maximum atomic E-state index is 12.8. The first-order chi connectivity index (χ1) is 11.3. The molecule has 9 heteroatoms. The molecule has 3 saturated heterocycles. The molecule has 9 nitrogen and oxygen atoms in total. The predicted molar refractivity (Wildman–Crippen MR) is 78.0 cm³/mol. The van der Waals surface area contributed by atoms with E-state index in [9.17, 15) is 9.59 Å². The van der Waals surface area contributed by atoms with Crippen LogP contribution in [-0.2, 0) is 23.7 Å². The summed E-state index contributed by atoms with van der Waals surface area (Å²) < 4.78 is 22.8. The minimum Gasteiger partial charge on any atom is -0.443 e. The van der Waals surface area contributed by atoms with Crippen LogP contribution in [0.25, 0.3) is 0 Å². The Hall–Kier alpha value is -1.58. The zero-order chi connectivity index (χ0) is 17.1. The summed E-state index contributed by atoms with van der Waals surface area (Å²) in [4.78, 5) is 26.5. The van der Waals surface area contributed by atoms with Gasteiger partial charge in [0.15, 0.2) is 0 Å². The van der Waals surface area contributed by atoms with Crippen molar-refractivity contribution in [2.45, 2.75) is 57.0 Å². The highest BCUT2D eigenvalue weighted by molar-refractivity contribution is 5.97. The van der Waals surface area contributed by atoms with Crippen LogP contribution in [0.4, 0.5) is 4.79 Å². The number of azo groups is 1. The number of likely N-dealkylation sites (tertiary alicyclic amines) is 1. The number of fused-ring (bicyclic) bond motifs is 3. The lowest BCUT2D eigenvalue weighted by atomic mass is 9.98. The first kappa shape index (κ1) is 15.9. The van der Waals surface area contributed by atoms with Gasteiger partial charge in [-0.25, -0.2) is 9.69 Å². The van der Waals surface area contributed by atoms with E-state index in [-0.39, 0.29) is 18.6 Å². The zero-order valence-corrected chi connectivity index (χ0v) is 13.9. The standard InChI is InChI=1S/C15H21N3O6/c1-14(2,3)24-13(20)18-11(10-9(12(18)19)6-16-17-10)15-21-5-4-8(23-15)7-22-15/h8-11H,4-7H2,1-3H3/t8-,9-,10+,11?,15+/m1/s1. The molecule has 1 unspecified atom stereocenters. The molecule has 0 N–H and O–H groups in total. The SMILES string of the molecule is CC(C)(C)OC(=O)N1C(=O)[C@@H]2CN=N[C@@H]2C1[C@]12OCC[C@H](CO1)O2. The molecule has 0 aromatic rings. The van der Waals surface area contributed by atoms with Gasteiger partial charge in [-0.15, -0.1) is 0 Å². The number of hydrogen-bond acceptors (Lipinski definition) is 8. The Labute approximate surface area is 139 Å². The van der Waals surface area contributed by atoms with Gasteiger partial charge in [0, 0.05) is 0 Å². The number of imide groups is 1. The highest BCUT2D eigenvalue weighted by atomic mass is 16.9. The van der Waals surface area contributed by atoms with Gasteiger partial charge in [-0.05, 0) is 27.2 Å². The summed E-state index contributed by atoms with van der Waals surface area (Å²) in [5.41, 5.74) is -0.730. The molecule has 2 bridgehead atoms. The number of amides is 2. The fourth-order valence-electron chi connectivity index (χ4n) is 3.58. The highest BCUT2D eigenvalue weighted by Crippen LogP contribution is 2.45.